The lowest BCUT2D eigenvalue weighted by Crippen LogP contribution is -2.28. The molecule has 0 heterocycles. The molecule has 0 aliphatic heterocycles. The lowest BCUT2D eigenvalue weighted by atomic mass is 10.1. The third-order valence-corrected chi connectivity index (χ3v) is 5.89. The van der Waals surface area contributed by atoms with Gasteiger partial charge < -0.3 is 0 Å². The number of rotatable bonds is 4. The summed E-state index contributed by atoms with van der Waals surface area (Å²) in [4.78, 5) is 0. The summed E-state index contributed by atoms with van der Waals surface area (Å²) in [5.41, 5.74) is 2.90. The summed E-state index contributed by atoms with van der Waals surface area (Å²) in [6.07, 6.45) is 1.69. The molecule has 116 valence electrons. The Labute approximate surface area is 140 Å². The van der Waals surface area contributed by atoms with Crippen molar-refractivity contribution in [2.24, 2.45) is 0 Å². The predicted molar refractivity (Wildman–Crippen MR) is 89.7 cm³/mol. The zero-order valence-electron chi connectivity index (χ0n) is 11.7. The van der Waals surface area contributed by atoms with Gasteiger partial charge in [-0.2, -0.15) is 0 Å². The summed E-state index contributed by atoms with van der Waals surface area (Å²) >= 11 is 11.8. The summed E-state index contributed by atoms with van der Waals surface area (Å²) in [6, 6.07) is 12.7. The number of hydrogen-bond acceptors (Lipinski definition) is 2. The van der Waals surface area contributed by atoms with Crippen molar-refractivity contribution in [2.45, 2.75) is 24.6 Å². The van der Waals surface area contributed by atoms with E-state index in [1.54, 1.807) is 18.2 Å². The molecule has 0 aromatic heterocycles. The second kappa shape index (κ2) is 6.20. The van der Waals surface area contributed by atoms with E-state index in [0.717, 1.165) is 18.4 Å². The fourth-order valence-corrected chi connectivity index (χ4v) is 4.49. The molecule has 0 saturated heterocycles. The minimum atomic E-state index is -3.44. The zero-order valence-corrected chi connectivity index (χ0v) is 14.0. The Kier molecular flexibility index (Phi) is 4.46. The Morgan fingerprint density at radius 2 is 1.86 bits per heavy atom. The molecule has 0 radical (unpaired) electrons. The molecular weight excluding hydrogens is 341 g/mol. The van der Waals surface area contributed by atoms with Crippen LogP contribution < -0.4 is 4.72 Å². The Morgan fingerprint density at radius 1 is 1.09 bits per heavy atom. The number of hydrogen-bond donors (Lipinski definition) is 1. The highest BCUT2D eigenvalue weighted by Gasteiger charge is 2.26. The second-order valence-electron chi connectivity index (χ2n) is 5.42. The van der Waals surface area contributed by atoms with Gasteiger partial charge >= 0.3 is 0 Å². The van der Waals surface area contributed by atoms with Gasteiger partial charge in [0.15, 0.2) is 0 Å². The van der Waals surface area contributed by atoms with Crippen LogP contribution in [0.1, 0.15) is 29.2 Å². The van der Waals surface area contributed by atoms with Gasteiger partial charge in [0.05, 0.1) is 15.8 Å². The molecule has 0 saturated carbocycles. The molecule has 1 atom stereocenters. The Bertz CT molecular complexity index is 806. The van der Waals surface area contributed by atoms with E-state index in [9.17, 15) is 8.42 Å². The maximum absolute atomic E-state index is 12.4. The van der Waals surface area contributed by atoms with Crippen molar-refractivity contribution in [1.82, 2.24) is 4.72 Å². The third kappa shape index (κ3) is 3.46. The zero-order chi connectivity index (χ0) is 15.7. The summed E-state index contributed by atoms with van der Waals surface area (Å²) in [5, 5.41) is 0.779. The van der Waals surface area contributed by atoms with Crippen molar-refractivity contribution in [2.75, 3.05) is 0 Å². The molecule has 1 aliphatic carbocycles. The molecular formula is C16H15Cl2NO2S. The second-order valence-corrected chi connectivity index (χ2v) is 7.98. The smallest absolute Gasteiger partial charge is 0.212 e. The van der Waals surface area contributed by atoms with E-state index in [-0.39, 0.29) is 11.8 Å². The topological polar surface area (TPSA) is 46.2 Å². The maximum atomic E-state index is 12.4. The summed E-state index contributed by atoms with van der Waals surface area (Å²) in [5.74, 6) is -0.109. The van der Waals surface area contributed by atoms with Crippen molar-refractivity contribution in [3.63, 3.8) is 0 Å². The van der Waals surface area contributed by atoms with E-state index < -0.39 is 10.0 Å². The third-order valence-electron chi connectivity index (χ3n) is 3.80. The van der Waals surface area contributed by atoms with Crippen LogP contribution in [0.15, 0.2) is 42.5 Å². The number of nitrogens with one attached hydrogen (secondary N) is 1. The average Bonchev–Trinajstić information content (AvgIpc) is 2.85. The van der Waals surface area contributed by atoms with Crippen molar-refractivity contribution in [3.8, 4) is 0 Å². The lowest BCUT2D eigenvalue weighted by Gasteiger charge is -2.14. The van der Waals surface area contributed by atoms with Gasteiger partial charge in [-0.1, -0.05) is 53.5 Å². The molecule has 1 N–H and O–H groups in total. The SMILES string of the molecule is O=S(=O)(Cc1ccc(Cl)c(Cl)c1)NC1CCc2ccccc21. The molecule has 3 nitrogen and oxygen atoms in total. The van der Waals surface area contributed by atoms with Crippen LogP contribution in [-0.4, -0.2) is 8.42 Å². The van der Waals surface area contributed by atoms with E-state index >= 15 is 0 Å². The van der Waals surface area contributed by atoms with Crippen LogP contribution >= 0.6 is 23.2 Å². The first-order valence-electron chi connectivity index (χ1n) is 6.96. The van der Waals surface area contributed by atoms with Crippen LogP contribution in [0, 0.1) is 0 Å². The van der Waals surface area contributed by atoms with Gasteiger partial charge in [-0.25, -0.2) is 13.1 Å². The molecule has 0 bridgehead atoms. The fourth-order valence-electron chi connectivity index (χ4n) is 2.79. The van der Waals surface area contributed by atoms with Crippen molar-refractivity contribution >= 4 is 33.2 Å². The summed E-state index contributed by atoms with van der Waals surface area (Å²) < 4.78 is 27.5. The molecule has 0 fully saturated rings. The molecule has 2 aromatic carbocycles. The van der Waals surface area contributed by atoms with Crippen LogP contribution in [0.4, 0.5) is 0 Å². The maximum Gasteiger partial charge on any atom is 0.216 e. The van der Waals surface area contributed by atoms with Gasteiger partial charge in [-0.3, -0.25) is 0 Å². The monoisotopic (exact) mass is 355 g/mol. The van der Waals surface area contributed by atoms with E-state index in [0.29, 0.717) is 15.6 Å². The molecule has 6 heteroatoms. The average molecular weight is 356 g/mol. The quantitative estimate of drug-likeness (QED) is 0.897. The van der Waals surface area contributed by atoms with Crippen LogP contribution in [0.3, 0.4) is 0 Å². The van der Waals surface area contributed by atoms with Crippen molar-refractivity contribution < 1.29 is 8.42 Å². The number of aryl methyl sites for hydroxylation is 1. The van der Waals surface area contributed by atoms with Crippen molar-refractivity contribution in [1.29, 1.82) is 0 Å². The number of sulfonamides is 1. The minimum absolute atomic E-state index is 0.109. The molecule has 1 aliphatic rings. The van der Waals surface area contributed by atoms with Gasteiger partial charge in [0, 0.05) is 6.04 Å². The van der Waals surface area contributed by atoms with Crippen molar-refractivity contribution in [3.05, 3.63) is 69.2 Å². The highest BCUT2D eigenvalue weighted by Crippen LogP contribution is 2.31. The highest BCUT2D eigenvalue weighted by molar-refractivity contribution is 7.88. The van der Waals surface area contributed by atoms with Crippen LogP contribution in [-0.2, 0) is 22.2 Å². The van der Waals surface area contributed by atoms with Gasteiger partial charge in [0.1, 0.15) is 0 Å². The van der Waals surface area contributed by atoms with Gasteiger partial charge in [-0.15, -0.1) is 0 Å². The van der Waals surface area contributed by atoms with E-state index in [1.807, 2.05) is 24.3 Å². The standard InChI is InChI=1S/C16H15Cl2NO2S/c17-14-7-5-11(9-15(14)18)10-22(20,21)19-16-8-6-12-3-1-2-4-13(12)16/h1-5,7,9,16,19H,6,8,10H2. The van der Waals surface area contributed by atoms with E-state index in [4.69, 9.17) is 23.2 Å². The van der Waals surface area contributed by atoms with Crippen LogP contribution in [0.2, 0.25) is 10.0 Å². The first-order chi connectivity index (χ1) is 10.4. The molecule has 0 amide bonds. The normalized spacial score (nSPS) is 17.5. The predicted octanol–water partition coefficient (Wildman–Crippen LogP) is 4.10. The lowest BCUT2D eigenvalue weighted by molar-refractivity contribution is 0.553. The molecule has 0 spiro atoms. The van der Waals surface area contributed by atoms with Crippen LogP contribution in [0.5, 0.6) is 0 Å². The first-order valence-corrected chi connectivity index (χ1v) is 9.37. The largest absolute Gasteiger partial charge is 0.216 e. The van der Waals surface area contributed by atoms with E-state index in [2.05, 4.69) is 4.72 Å². The first kappa shape index (κ1) is 15.8. The Hall–Kier alpha value is -1.07. The molecule has 22 heavy (non-hydrogen) atoms. The molecule has 3 rings (SSSR count). The number of fused-ring (bicyclic) bond motifs is 1. The van der Waals surface area contributed by atoms with Gasteiger partial charge in [-0.05, 0) is 41.7 Å². The minimum Gasteiger partial charge on any atom is -0.212 e. The fraction of sp³-hybridized carbons (Fsp3) is 0.250. The number of halogens is 2. The van der Waals surface area contributed by atoms with E-state index in [1.165, 1.54) is 5.56 Å². The van der Waals surface area contributed by atoms with Gasteiger partial charge in [0.2, 0.25) is 10.0 Å². The Morgan fingerprint density at radius 3 is 2.64 bits per heavy atom. The van der Waals surface area contributed by atoms with Gasteiger partial charge in [0.25, 0.3) is 0 Å². The summed E-state index contributed by atoms with van der Waals surface area (Å²) in [6.45, 7) is 0. The van der Waals surface area contributed by atoms with Crippen LogP contribution in [0.25, 0.3) is 0 Å². The highest BCUT2D eigenvalue weighted by atomic mass is 35.5. The Balaban J connectivity index is 1.76. The summed E-state index contributed by atoms with van der Waals surface area (Å²) in [7, 11) is -3.44. The molecule has 1 unspecified atom stereocenters. The number of benzene rings is 2. The molecule has 2 aromatic rings.